The highest BCUT2D eigenvalue weighted by atomic mass is 16.5. The summed E-state index contributed by atoms with van der Waals surface area (Å²) in [5.74, 6) is 1.77. The number of unbranched alkanes of at least 4 members (excludes halogenated alkanes) is 1. The van der Waals surface area contributed by atoms with E-state index in [1.807, 2.05) is 43.3 Å². The SMILES string of the molecule is CCCCOc1cc(/C=N\Nc2nc3ccccc3c(=O)n2CC)ccc1OC. The van der Waals surface area contributed by atoms with E-state index in [2.05, 4.69) is 22.4 Å². The number of fused-ring (bicyclic) bond motifs is 1. The number of anilines is 1. The first-order valence-electron chi connectivity index (χ1n) is 9.77. The molecule has 0 aliphatic rings. The molecule has 0 radical (unpaired) electrons. The summed E-state index contributed by atoms with van der Waals surface area (Å²) < 4.78 is 12.7. The number of benzene rings is 2. The predicted octanol–water partition coefficient (Wildman–Crippen LogP) is 4.05. The van der Waals surface area contributed by atoms with Crippen molar-refractivity contribution in [3.8, 4) is 11.5 Å². The van der Waals surface area contributed by atoms with Gasteiger partial charge in [0.1, 0.15) is 0 Å². The summed E-state index contributed by atoms with van der Waals surface area (Å²) in [4.78, 5) is 17.2. The molecular formula is C22H26N4O3. The lowest BCUT2D eigenvalue weighted by Gasteiger charge is -2.11. The zero-order valence-corrected chi connectivity index (χ0v) is 17.0. The van der Waals surface area contributed by atoms with E-state index in [4.69, 9.17) is 9.47 Å². The third-order valence-corrected chi connectivity index (χ3v) is 4.50. The number of nitrogens with zero attached hydrogens (tertiary/aromatic N) is 3. The van der Waals surface area contributed by atoms with Crippen molar-refractivity contribution in [2.24, 2.45) is 5.10 Å². The van der Waals surface area contributed by atoms with Gasteiger partial charge in [-0.25, -0.2) is 10.4 Å². The van der Waals surface area contributed by atoms with Gasteiger partial charge in [0, 0.05) is 6.54 Å². The van der Waals surface area contributed by atoms with E-state index in [1.165, 1.54) is 0 Å². The molecule has 0 spiro atoms. The van der Waals surface area contributed by atoms with Crippen molar-refractivity contribution in [3.63, 3.8) is 0 Å². The lowest BCUT2D eigenvalue weighted by molar-refractivity contribution is 0.288. The minimum Gasteiger partial charge on any atom is -0.493 e. The molecule has 0 aliphatic heterocycles. The van der Waals surface area contributed by atoms with E-state index < -0.39 is 0 Å². The number of para-hydroxylation sites is 1. The number of nitrogens with one attached hydrogen (secondary N) is 1. The van der Waals surface area contributed by atoms with Gasteiger partial charge in [-0.2, -0.15) is 5.10 Å². The Balaban J connectivity index is 1.82. The molecule has 7 heteroatoms. The highest BCUT2D eigenvalue weighted by Crippen LogP contribution is 2.27. The van der Waals surface area contributed by atoms with Gasteiger partial charge < -0.3 is 9.47 Å². The van der Waals surface area contributed by atoms with Crippen LogP contribution in [0.15, 0.2) is 52.4 Å². The highest BCUT2D eigenvalue weighted by Gasteiger charge is 2.09. The van der Waals surface area contributed by atoms with Crippen molar-refractivity contribution in [1.29, 1.82) is 0 Å². The largest absolute Gasteiger partial charge is 0.493 e. The van der Waals surface area contributed by atoms with E-state index in [0.717, 1.165) is 18.4 Å². The van der Waals surface area contributed by atoms with Crippen LogP contribution in [-0.4, -0.2) is 29.5 Å². The molecule has 0 saturated carbocycles. The van der Waals surface area contributed by atoms with Crippen molar-refractivity contribution in [2.75, 3.05) is 19.1 Å². The van der Waals surface area contributed by atoms with Gasteiger partial charge in [-0.3, -0.25) is 9.36 Å². The van der Waals surface area contributed by atoms with Gasteiger partial charge >= 0.3 is 0 Å². The number of methoxy groups -OCH3 is 1. The number of hydrogen-bond donors (Lipinski definition) is 1. The van der Waals surface area contributed by atoms with Crippen molar-refractivity contribution in [3.05, 3.63) is 58.4 Å². The summed E-state index contributed by atoms with van der Waals surface area (Å²) in [5.41, 5.74) is 4.28. The number of ether oxygens (including phenoxy) is 2. The Hall–Kier alpha value is -3.35. The molecular weight excluding hydrogens is 368 g/mol. The normalized spacial score (nSPS) is 11.1. The number of aromatic nitrogens is 2. The van der Waals surface area contributed by atoms with E-state index in [0.29, 0.717) is 41.5 Å². The molecule has 0 saturated heterocycles. The maximum absolute atomic E-state index is 12.7. The predicted molar refractivity (Wildman–Crippen MR) is 116 cm³/mol. The third-order valence-electron chi connectivity index (χ3n) is 4.50. The molecule has 1 N–H and O–H groups in total. The van der Waals surface area contributed by atoms with Gasteiger partial charge in [-0.05, 0) is 49.2 Å². The van der Waals surface area contributed by atoms with Gasteiger partial charge in [-0.1, -0.05) is 25.5 Å². The molecule has 29 heavy (non-hydrogen) atoms. The Morgan fingerprint density at radius 3 is 2.76 bits per heavy atom. The van der Waals surface area contributed by atoms with Gasteiger partial charge in [-0.15, -0.1) is 0 Å². The summed E-state index contributed by atoms with van der Waals surface area (Å²) in [7, 11) is 1.62. The van der Waals surface area contributed by atoms with Gasteiger partial charge in [0.15, 0.2) is 11.5 Å². The van der Waals surface area contributed by atoms with Gasteiger partial charge in [0.25, 0.3) is 5.56 Å². The molecule has 0 atom stereocenters. The molecule has 0 amide bonds. The molecule has 0 unspecified atom stereocenters. The fourth-order valence-corrected chi connectivity index (χ4v) is 2.92. The molecule has 0 aliphatic carbocycles. The molecule has 2 aromatic carbocycles. The fraction of sp³-hybridized carbons (Fsp3) is 0.318. The summed E-state index contributed by atoms with van der Waals surface area (Å²) in [6.07, 6.45) is 3.70. The Labute approximate surface area is 170 Å². The zero-order chi connectivity index (χ0) is 20.6. The van der Waals surface area contributed by atoms with Gasteiger partial charge in [0.05, 0.1) is 30.8 Å². The Kier molecular flexibility index (Phi) is 6.84. The molecule has 1 aromatic heterocycles. The lowest BCUT2D eigenvalue weighted by atomic mass is 10.2. The van der Waals surface area contributed by atoms with E-state index >= 15 is 0 Å². The second kappa shape index (κ2) is 9.73. The van der Waals surface area contributed by atoms with Crippen LogP contribution in [0.5, 0.6) is 11.5 Å². The van der Waals surface area contributed by atoms with Crippen LogP contribution in [0.3, 0.4) is 0 Å². The molecule has 0 bridgehead atoms. The van der Waals surface area contributed by atoms with Crippen LogP contribution in [0.25, 0.3) is 10.9 Å². The number of rotatable bonds is 9. The van der Waals surface area contributed by atoms with Crippen LogP contribution in [0, 0.1) is 0 Å². The average Bonchev–Trinajstić information content (AvgIpc) is 2.74. The summed E-state index contributed by atoms with van der Waals surface area (Å²) >= 11 is 0. The number of hydrogen-bond acceptors (Lipinski definition) is 6. The van der Waals surface area contributed by atoms with Crippen molar-refractivity contribution in [2.45, 2.75) is 33.2 Å². The van der Waals surface area contributed by atoms with Crippen LogP contribution < -0.4 is 20.5 Å². The van der Waals surface area contributed by atoms with Crippen molar-refractivity contribution >= 4 is 23.1 Å². The number of hydrazone groups is 1. The van der Waals surface area contributed by atoms with Crippen LogP contribution in [0.4, 0.5) is 5.95 Å². The Bertz CT molecular complexity index is 1060. The smallest absolute Gasteiger partial charge is 0.262 e. The van der Waals surface area contributed by atoms with E-state index in [-0.39, 0.29) is 5.56 Å². The first kappa shape index (κ1) is 20.4. The Morgan fingerprint density at radius 2 is 2.00 bits per heavy atom. The topological polar surface area (TPSA) is 77.7 Å². The van der Waals surface area contributed by atoms with Crippen molar-refractivity contribution < 1.29 is 9.47 Å². The van der Waals surface area contributed by atoms with Crippen LogP contribution in [-0.2, 0) is 6.54 Å². The monoisotopic (exact) mass is 394 g/mol. The van der Waals surface area contributed by atoms with E-state index in [9.17, 15) is 4.79 Å². The first-order chi connectivity index (χ1) is 14.2. The van der Waals surface area contributed by atoms with Crippen molar-refractivity contribution in [1.82, 2.24) is 9.55 Å². The highest BCUT2D eigenvalue weighted by molar-refractivity contribution is 5.82. The minimum absolute atomic E-state index is 0.0909. The summed E-state index contributed by atoms with van der Waals surface area (Å²) in [6.45, 7) is 5.14. The lowest BCUT2D eigenvalue weighted by Crippen LogP contribution is -2.23. The average molecular weight is 394 g/mol. The third kappa shape index (κ3) is 4.74. The molecule has 0 fully saturated rings. The second-order valence-corrected chi connectivity index (χ2v) is 6.48. The molecule has 1 heterocycles. The molecule has 7 nitrogen and oxygen atoms in total. The fourth-order valence-electron chi connectivity index (χ4n) is 2.92. The maximum atomic E-state index is 12.7. The molecule has 3 aromatic rings. The standard InChI is InChI=1S/C22H26N4O3/c1-4-6-13-29-20-14-16(11-12-19(20)28-3)15-23-25-22-24-18-10-8-7-9-17(18)21(27)26(22)5-2/h7-12,14-15H,4-6,13H2,1-3H3,(H,24,25)/b23-15-. The molecule has 152 valence electrons. The Morgan fingerprint density at radius 1 is 1.17 bits per heavy atom. The van der Waals surface area contributed by atoms with Gasteiger partial charge in [0.2, 0.25) is 5.95 Å². The minimum atomic E-state index is -0.0909. The first-order valence-corrected chi connectivity index (χ1v) is 9.77. The second-order valence-electron chi connectivity index (χ2n) is 6.48. The van der Waals surface area contributed by atoms with Crippen LogP contribution in [0.2, 0.25) is 0 Å². The van der Waals surface area contributed by atoms with E-state index in [1.54, 1.807) is 24.0 Å². The zero-order valence-electron chi connectivity index (χ0n) is 17.0. The maximum Gasteiger partial charge on any atom is 0.262 e. The quantitative estimate of drug-likeness (QED) is 0.337. The summed E-state index contributed by atoms with van der Waals surface area (Å²) in [5, 5.41) is 4.86. The van der Waals surface area contributed by atoms with Crippen LogP contribution in [0.1, 0.15) is 32.3 Å². The van der Waals surface area contributed by atoms with Crippen LogP contribution >= 0.6 is 0 Å². The summed E-state index contributed by atoms with van der Waals surface area (Å²) in [6, 6.07) is 12.9. The molecule has 3 rings (SSSR count).